The smallest absolute Gasteiger partial charge is 0.110 e. The molecule has 0 saturated heterocycles. The van der Waals surface area contributed by atoms with Gasteiger partial charge in [-0.1, -0.05) is 32.0 Å². The number of imidazole rings is 1. The van der Waals surface area contributed by atoms with Crippen LogP contribution in [0.5, 0.6) is 0 Å². The molecule has 0 radical (unpaired) electrons. The fourth-order valence-corrected chi connectivity index (χ4v) is 1.24. The Morgan fingerprint density at radius 3 is 2.21 bits per heavy atom. The van der Waals surface area contributed by atoms with E-state index in [9.17, 15) is 0 Å². The number of benzene rings is 1. The van der Waals surface area contributed by atoms with Crippen molar-refractivity contribution >= 4 is 0 Å². The van der Waals surface area contributed by atoms with Crippen LogP contribution < -0.4 is 0 Å². The van der Waals surface area contributed by atoms with Gasteiger partial charge in [-0.05, 0) is 19.1 Å². The Morgan fingerprint density at radius 1 is 1.07 bits per heavy atom. The summed E-state index contributed by atoms with van der Waals surface area (Å²) in [5.74, 6) is 1.02. The van der Waals surface area contributed by atoms with Gasteiger partial charge in [0.25, 0.3) is 0 Å². The Hall–Kier alpha value is -1.57. The van der Waals surface area contributed by atoms with Crippen molar-refractivity contribution in [3.05, 3.63) is 48.5 Å². The van der Waals surface area contributed by atoms with Crippen LogP contribution in [0, 0.1) is 6.92 Å². The molecule has 2 heteroatoms. The second-order valence-electron chi connectivity index (χ2n) is 2.68. The topological polar surface area (TPSA) is 17.8 Å². The summed E-state index contributed by atoms with van der Waals surface area (Å²) in [6.45, 7) is 5.99. The summed E-state index contributed by atoms with van der Waals surface area (Å²) in [6, 6.07) is 10.2. The van der Waals surface area contributed by atoms with Gasteiger partial charge < -0.3 is 4.57 Å². The van der Waals surface area contributed by atoms with Crippen LogP contribution in [0.2, 0.25) is 0 Å². The molecule has 0 bridgehead atoms. The molecule has 74 valence electrons. The molecular formula is C12H16N2. The molecule has 0 saturated carbocycles. The highest BCUT2D eigenvalue weighted by molar-refractivity contribution is 5.32. The molecule has 14 heavy (non-hydrogen) atoms. The van der Waals surface area contributed by atoms with Crippen LogP contribution >= 0.6 is 0 Å². The molecule has 0 N–H and O–H groups in total. The van der Waals surface area contributed by atoms with Crippen molar-refractivity contribution in [2.75, 3.05) is 0 Å². The molecule has 0 fully saturated rings. The minimum absolute atomic E-state index is 1.02. The number of nitrogens with zero attached hydrogens (tertiary/aromatic N) is 2. The van der Waals surface area contributed by atoms with E-state index in [2.05, 4.69) is 21.7 Å². The fourth-order valence-electron chi connectivity index (χ4n) is 1.24. The van der Waals surface area contributed by atoms with Gasteiger partial charge in [-0.2, -0.15) is 0 Å². The summed E-state index contributed by atoms with van der Waals surface area (Å²) in [6.07, 6.45) is 3.77. The van der Waals surface area contributed by atoms with Crippen LogP contribution in [0.4, 0.5) is 0 Å². The first-order chi connectivity index (χ1) is 6.88. The molecule has 0 aliphatic heterocycles. The van der Waals surface area contributed by atoms with Crippen molar-refractivity contribution in [3.63, 3.8) is 0 Å². The molecule has 1 aromatic carbocycles. The van der Waals surface area contributed by atoms with E-state index < -0.39 is 0 Å². The van der Waals surface area contributed by atoms with Gasteiger partial charge in [0.05, 0.1) is 0 Å². The number of hydrogen-bond donors (Lipinski definition) is 0. The maximum Gasteiger partial charge on any atom is 0.110 e. The molecule has 0 amide bonds. The molecule has 1 aromatic heterocycles. The molecule has 0 unspecified atom stereocenters. The predicted octanol–water partition coefficient (Wildman–Crippen LogP) is 3.21. The summed E-state index contributed by atoms with van der Waals surface area (Å²) in [7, 11) is 0. The SMILES string of the molecule is CC.Cc1nccn1-c1ccccc1. The minimum atomic E-state index is 1.02. The van der Waals surface area contributed by atoms with Gasteiger partial charge in [0.2, 0.25) is 0 Å². The molecule has 0 spiro atoms. The highest BCUT2D eigenvalue weighted by atomic mass is 15.1. The second kappa shape index (κ2) is 5.22. The Bertz CT molecular complexity index is 363. The van der Waals surface area contributed by atoms with Gasteiger partial charge in [0, 0.05) is 18.1 Å². The first kappa shape index (κ1) is 10.5. The lowest BCUT2D eigenvalue weighted by atomic mass is 10.3. The van der Waals surface area contributed by atoms with Crippen LogP contribution in [0.1, 0.15) is 19.7 Å². The summed E-state index contributed by atoms with van der Waals surface area (Å²) in [5, 5.41) is 0. The zero-order valence-electron chi connectivity index (χ0n) is 8.94. The Balaban J connectivity index is 0.000000461. The molecule has 0 aliphatic carbocycles. The van der Waals surface area contributed by atoms with E-state index in [0.717, 1.165) is 11.5 Å². The Labute approximate surface area is 85.2 Å². The van der Waals surface area contributed by atoms with Crippen LogP contribution in [-0.4, -0.2) is 9.55 Å². The standard InChI is InChI=1S/C10H10N2.C2H6/c1-9-11-7-8-12(9)10-5-3-2-4-6-10;1-2/h2-8H,1H3;1-2H3. The number of para-hydroxylation sites is 1. The van der Waals surface area contributed by atoms with Gasteiger partial charge in [-0.3, -0.25) is 0 Å². The maximum absolute atomic E-state index is 4.16. The van der Waals surface area contributed by atoms with Gasteiger partial charge in [-0.15, -0.1) is 0 Å². The lowest BCUT2D eigenvalue weighted by Gasteiger charge is -2.02. The van der Waals surface area contributed by atoms with Crippen LogP contribution in [0.15, 0.2) is 42.7 Å². The zero-order chi connectivity index (χ0) is 10.4. The number of aromatic nitrogens is 2. The molecule has 2 aromatic rings. The van der Waals surface area contributed by atoms with Crippen LogP contribution in [-0.2, 0) is 0 Å². The van der Waals surface area contributed by atoms with E-state index in [-0.39, 0.29) is 0 Å². The van der Waals surface area contributed by atoms with E-state index in [1.807, 2.05) is 51.4 Å². The highest BCUT2D eigenvalue weighted by Gasteiger charge is 1.96. The highest BCUT2D eigenvalue weighted by Crippen LogP contribution is 2.08. The minimum Gasteiger partial charge on any atom is -0.304 e. The summed E-state index contributed by atoms with van der Waals surface area (Å²) < 4.78 is 2.06. The number of rotatable bonds is 1. The molecule has 1 heterocycles. The van der Waals surface area contributed by atoms with Gasteiger partial charge >= 0.3 is 0 Å². The van der Waals surface area contributed by atoms with Crippen molar-refractivity contribution in [1.82, 2.24) is 9.55 Å². The zero-order valence-corrected chi connectivity index (χ0v) is 8.94. The average molecular weight is 188 g/mol. The normalized spacial score (nSPS) is 9.07. The third kappa shape index (κ3) is 2.22. The van der Waals surface area contributed by atoms with Crippen LogP contribution in [0.3, 0.4) is 0 Å². The summed E-state index contributed by atoms with van der Waals surface area (Å²) in [5.41, 5.74) is 1.16. The third-order valence-electron chi connectivity index (χ3n) is 1.86. The van der Waals surface area contributed by atoms with Gasteiger partial charge in [0.1, 0.15) is 5.82 Å². The third-order valence-corrected chi connectivity index (χ3v) is 1.86. The van der Waals surface area contributed by atoms with Crippen molar-refractivity contribution < 1.29 is 0 Å². The maximum atomic E-state index is 4.16. The quantitative estimate of drug-likeness (QED) is 0.672. The van der Waals surface area contributed by atoms with E-state index >= 15 is 0 Å². The Kier molecular flexibility index (Phi) is 3.92. The molecular weight excluding hydrogens is 172 g/mol. The molecule has 0 atom stereocenters. The largest absolute Gasteiger partial charge is 0.304 e. The van der Waals surface area contributed by atoms with E-state index in [1.54, 1.807) is 0 Å². The van der Waals surface area contributed by atoms with E-state index in [1.165, 1.54) is 0 Å². The van der Waals surface area contributed by atoms with E-state index in [0.29, 0.717) is 0 Å². The lowest BCUT2D eigenvalue weighted by molar-refractivity contribution is 0.975. The fraction of sp³-hybridized carbons (Fsp3) is 0.250. The summed E-state index contributed by atoms with van der Waals surface area (Å²) >= 11 is 0. The van der Waals surface area contributed by atoms with Gasteiger partial charge in [0.15, 0.2) is 0 Å². The van der Waals surface area contributed by atoms with E-state index in [4.69, 9.17) is 0 Å². The first-order valence-corrected chi connectivity index (χ1v) is 4.93. The van der Waals surface area contributed by atoms with Crippen molar-refractivity contribution in [3.8, 4) is 5.69 Å². The second-order valence-corrected chi connectivity index (χ2v) is 2.68. The van der Waals surface area contributed by atoms with Crippen molar-refractivity contribution in [2.24, 2.45) is 0 Å². The monoisotopic (exact) mass is 188 g/mol. The lowest BCUT2D eigenvalue weighted by Crippen LogP contribution is -1.93. The van der Waals surface area contributed by atoms with Crippen molar-refractivity contribution in [2.45, 2.75) is 20.8 Å². The molecule has 0 aliphatic rings. The van der Waals surface area contributed by atoms with Crippen molar-refractivity contribution in [1.29, 1.82) is 0 Å². The predicted molar refractivity (Wildman–Crippen MR) is 59.6 cm³/mol. The van der Waals surface area contributed by atoms with Crippen LogP contribution in [0.25, 0.3) is 5.69 Å². The Morgan fingerprint density at radius 2 is 1.71 bits per heavy atom. The molecule has 2 rings (SSSR count). The first-order valence-electron chi connectivity index (χ1n) is 4.93. The molecule has 2 nitrogen and oxygen atoms in total. The average Bonchev–Trinajstić information content (AvgIpc) is 2.69. The summed E-state index contributed by atoms with van der Waals surface area (Å²) in [4.78, 5) is 4.16. The van der Waals surface area contributed by atoms with Gasteiger partial charge in [-0.25, -0.2) is 4.98 Å². The number of hydrogen-bond acceptors (Lipinski definition) is 1. The number of aryl methyl sites for hydroxylation is 1.